The molecule has 0 aliphatic rings. The lowest BCUT2D eigenvalue weighted by Gasteiger charge is -2.16. The van der Waals surface area contributed by atoms with Crippen LogP contribution < -0.4 is 4.80 Å². The van der Waals surface area contributed by atoms with E-state index in [0.717, 1.165) is 12.8 Å². The minimum Gasteiger partial charge on any atom is -0.380 e. The van der Waals surface area contributed by atoms with Gasteiger partial charge in [0.2, 0.25) is 10.0 Å². The van der Waals surface area contributed by atoms with Crippen LogP contribution in [0.4, 0.5) is 5.69 Å². The number of thiazole rings is 1. The predicted molar refractivity (Wildman–Crippen MR) is 134 cm³/mol. The van der Waals surface area contributed by atoms with E-state index in [1.807, 2.05) is 13.8 Å². The molecule has 12 heteroatoms. The minimum atomic E-state index is -3.64. The second kappa shape index (κ2) is 11.7. The summed E-state index contributed by atoms with van der Waals surface area (Å²) in [6.07, 6.45) is 1.64. The summed E-state index contributed by atoms with van der Waals surface area (Å²) in [5, 5.41) is 11.2. The number of rotatable bonds is 11. The predicted octanol–water partition coefficient (Wildman–Crippen LogP) is 3.81. The zero-order valence-corrected chi connectivity index (χ0v) is 21.5. The van der Waals surface area contributed by atoms with Crippen LogP contribution in [-0.2, 0) is 21.3 Å². The van der Waals surface area contributed by atoms with Crippen molar-refractivity contribution in [3.05, 3.63) is 62.9 Å². The lowest BCUT2D eigenvalue weighted by atomic mass is 10.2. The number of fused-ring (bicyclic) bond motifs is 1. The molecule has 1 aromatic heterocycles. The topological polar surface area (TPSA) is 124 Å². The van der Waals surface area contributed by atoms with Crippen molar-refractivity contribution in [1.82, 2.24) is 8.87 Å². The van der Waals surface area contributed by atoms with Crippen molar-refractivity contribution in [3.63, 3.8) is 0 Å². The number of carbonyl (C=O) groups is 1. The van der Waals surface area contributed by atoms with Crippen LogP contribution in [-0.4, -0.2) is 54.9 Å². The van der Waals surface area contributed by atoms with Gasteiger partial charge in [0.05, 0.1) is 26.6 Å². The van der Waals surface area contributed by atoms with Gasteiger partial charge in [-0.05, 0) is 43.7 Å². The standard InChI is InChI=1S/C23H28N4O6S2/c1-4-6-13-25(3)35(31,32)19-10-7-17(8-11-19)22(28)24-23-26(14-15-33-5-2)20-12-9-18(27(29)30)16-21(20)34-23/h7-12,16H,4-6,13-15H2,1-3H3. The van der Waals surface area contributed by atoms with E-state index in [1.54, 1.807) is 10.6 Å². The van der Waals surface area contributed by atoms with Gasteiger partial charge >= 0.3 is 0 Å². The van der Waals surface area contributed by atoms with Crippen LogP contribution in [0.15, 0.2) is 52.4 Å². The van der Waals surface area contributed by atoms with Gasteiger partial charge in [0.25, 0.3) is 11.6 Å². The summed E-state index contributed by atoms with van der Waals surface area (Å²) in [6.45, 7) is 5.61. The zero-order valence-electron chi connectivity index (χ0n) is 19.8. The molecule has 0 aliphatic heterocycles. The molecular formula is C23H28N4O6S2. The summed E-state index contributed by atoms with van der Waals surface area (Å²) in [5.41, 5.74) is 0.901. The molecule has 0 saturated carbocycles. The number of unbranched alkanes of at least 4 members (excludes halogenated alkanes) is 1. The molecule has 0 aliphatic carbocycles. The lowest BCUT2D eigenvalue weighted by Crippen LogP contribution is -2.27. The summed E-state index contributed by atoms with van der Waals surface area (Å²) in [4.78, 5) is 28.3. The third kappa shape index (κ3) is 6.20. The summed E-state index contributed by atoms with van der Waals surface area (Å²) in [6, 6.07) is 10.2. The number of nitrogens with zero attached hydrogens (tertiary/aromatic N) is 4. The van der Waals surface area contributed by atoms with E-state index in [2.05, 4.69) is 4.99 Å². The number of sulfonamides is 1. The van der Waals surface area contributed by atoms with Crippen molar-refractivity contribution in [2.24, 2.45) is 4.99 Å². The van der Waals surface area contributed by atoms with Gasteiger partial charge in [0, 0.05) is 44.4 Å². The van der Waals surface area contributed by atoms with E-state index >= 15 is 0 Å². The zero-order chi connectivity index (χ0) is 25.6. The van der Waals surface area contributed by atoms with E-state index in [1.165, 1.54) is 59.1 Å². The van der Waals surface area contributed by atoms with Crippen molar-refractivity contribution >= 4 is 43.2 Å². The van der Waals surface area contributed by atoms with Gasteiger partial charge < -0.3 is 9.30 Å². The molecule has 2 aromatic carbocycles. The molecule has 0 unspecified atom stereocenters. The van der Waals surface area contributed by atoms with Gasteiger partial charge in [-0.1, -0.05) is 24.7 Å². The number of amides is 1. The maximum Gasteiger partial charge on any atom is 0.279 e. The first-order valence-electron chi connectivity index (χ1n) is 11.2. The van der Waals surface area contributed by atoms with E-state index in [0.29, 0.717) is 41.3 Å². The quantitative estimate of drug-likeness (QED) is 0.215. The average Bonchev–Trinajstić information content (AvgIpc) is 3.18. The molecule has 0 fully saturated rings. The molecule has 3 rings (SSSR count). The average molecular weight is 521 g/mol. The molecule has 188 valence electrons. The van der Waals surface area contributed by atoms with Crippen molar-refractivity contribution in [2.75, 3.05) is 26.8 Å². The molecule has 0 spiro atoms. The molecule has 35 heavy (non-hydrogen) atoms. The number of nitro benzene ring substituents is 1. The first kappa shape index (κ1) is 26.7. The lowest BCUT2D eigenvalue weighted by molar-refractivity contribution is -0.384. The van der Waals surface area contributed by atoms with E-state index < -0.39 is 20.9 Å². The summed E-state index contributed by atoms with van der Waals surface area (Å²) in [5.74, 6) is -0.542. The van der Waals surface area contributed by atoms with E-state index in [4.69, 9.17) is 4.74 Å². The summed E-state index contributed by atoms with van der Waals surface area (Å²) >= 11 is 1.17. The highest BCUT2D eigenvalue weighted by Gasteiger charge is 2.20. The molecule has 1 heterocycles. The molecule has 0 atom stereocenters. The fourth-order valence-corrected chi connectivity index (χ4v) is 5.68. The van der Waals surface area contributed by atoms with Crippen LogP contribution in [0.25, 0.3) is 10.2 Å². The van der Waals surface area contributed by atoms with Gasteiger partial charge in [-0.2, -0.15) is 4.99 Å². The fraction of sp³-hybridized carbons (Fsp3) is 0.391. The number of non-ortho nitro benzene ring substituents is 1. The Bertz CT molecular complexity index is 1380. The number of hydrogen-bond acceptors (Lipinski definition) is 7. The maximum absolute atomic E-state index is 12.9. The van der Waals surface area contributed by atoms with Crippen molar-refractivity contribution in [2.45, 2.75) is 38.1 Å². The molecule has 0 bridgehead atoms. The number of carbonyl (C=O) groups excluding carboxylic acids is 1. The van der Waals surface area contributed by atoms with Gasteiger partial charge in [-0.25, -0.2) is 12.7 Å². The van der Waals surface area contributed by atoms with Crippen molar-refractivity contribution in [1.29, 1.82) is 0 Å². The van der Waals surface area contributed by atoms with E-state index in [9.17, 15) is 23.3 Å². The molecule has 0 N–H and O–H groups in total. The van der Waals surface area contributed by atoms with Gasteiger partial charge in [-0.15, -0.1) is 0 Å². The molecule has 3 aromatic rings. The Morgan fingerprint density at radius 1 is 1.20 bits per heavy atom. The largest absolute Gasteiger partial charge is 0.380 e. The van der Waals surface area contributed by atoms with Gasteiger partial charge in [0.1, 0.15) is 0 Å². The number of hydrogen-bond donors (Lipinski definition) is 0. The smallest absolute Gasteiger partial charge is 0.279 e. The highest BCUT2D eigenvalue weighted by Crippen LogP contribution is 2.23. The molecule has 10 nitrogen and oxygen atoms in total. The summed E-state index contributed by atoms with van der Waals surface area (Å²) < 4.78 is 34.6. The van der Waals surface area contributed by atoms with Crippen LogP contribution in [0, 0.1) is 10.1 Å². The Kier molecular flexibility index (Phi) is 8.89. The van der Waals surface area contributed by atoms with Crippen LogP contribution in [0.5, 0.6) is 0 Å². The van der Waals surface area contributed by atoms with Gasteiger partial charge in [-0.3, -0.25) is 14.9 Å². The van der Waals surface area contributed by atoms with Crippen LogP contribution in [0.2, 0.25) is 0 Å². The first-order chi connectivity index (χ1) is 16.7. The van der Waals surface area contributed by atoms with Crippen molar-refractivity contribution in [3.8, 4) is 0 Å². The first-order valence-corrected chi connectivity index (χ1v) is 13.5. The number of benzene rings is 2. The van der Waals surface area contributed by atoms with Crippen LogP contribution in [0.3, 0.4) is 0 Å². The van der Waals surface area contributed by atoms with E-state index in [-0.39, 0.29) is 16.1 Å². The number of aromatic nitrogens is 1. The molecular weight excluding hydrogens is 492 g/mol. The van der Waals surface area contributed by atoms with Crippen molar-refractivity contribution < 1.29 is 22.9 Å². The second-order valence-corrected chi connectivity index (χ2v) is 10.8. The second-order valence-electron chi connectivity index (χ2n) is 7.76. The number of nitro groups is 1. The third-order valence-electron chi connectivity index (χ3n) is 5.37. The molecule has 0 radical (unpaired) electrons. The fourth-order valence-electron chi connectivity index (χ4n) is 3.38. The Balaban J connectivity index is 1.95. The highest BCUT2D eigenvalue weighted by molar-refractivity contribution is 7.89. The Morgan fingerprint density at radius 3 is 2.54 bits per heavy atom. The maximum atomic E-state index is 12.9. The number of ether oxygens (including phenoxy) is 1. The normalized spacial score (nSPS) is 12.5. The minimum absolute atomic E-state index is 0.0470. The summed E-state index contributed by atoms with van der Waals surface area (Å²) in [7, 11) is -2.11. The third-order valence-corrected chi connectivity index (χ3v) is 8.29. The van der Waals surface area contributed by atoms with Crippen LogP contribution >= 0.6 is 11.3 Å². The Labute approximate surface area is 207 Å². The monoisotopic (exact) mass is 520 g/mol. The Morgan fingerprint density at radius 2 is 1.91 bits per heavy atom. The molecule has 1 amide bonds. The highest BCUT2D eigenvalue weighted by atomic mass is 32.2. The molecule has 0 saturated heterocycles. The SMILES string of the molecule is CCCCN(C)S(=O)(=O)c1ccc(C(=O)N=c2sc3cc([N+](=O)[O-])ccc3n2CCOCC)cc1. The van der Waals surface area contributed by atoms with Gasteiger partial charge in [0.15, 0.2) is 4.80 Å². The Hall–Kier alpha value is -2.93. The van der Waals surface area contributed by atoms with Crippen LogP contribution in [0.1, 0.15) is 37.0 Å².